The molecule has 1 amide bonds. The van der Waals surface area contributed by atoms with E-state index < -0.39 is 10.0 Å². The van der Waals surface area contributed by atoms with Gasteiger partial charge in [-0.15, -0.1) is 0 Å². The average Bonchev–Trinajstić information content (AvgIpc) is 3.04. The first kappa shape index (κ1) is 20.3. The van der Waals surface area contributed by atoms with Gasteiger partial charge in [0.1, 0.15) is 0 Å². The van der Waals surface area contributed by atoms with Crippen molar-refractivity contribution in [3.05, 3.63) is 24.3 Å². The van der Waals surface area contributed by atoms with E-state index in [0.717, 1.165) is 12.8 Å². The van der Waals surface area contributed by atoms with Crippen LogP contribution >= 0.6 is 0 Å². The summed E-state index contributed by atoms with van der Waals surface area (Å²) in [6.45, 7) is 2.47. The lowest BCUT2D eigenvalue weighted by Gasteiger charge is -2.40. The molecule has 1 aromatic carbocycles. The van der Waals surface area contributed by atoms with Crippen molar-refractivity contribution in [1.82, 2.24) is 9.21 Å². The zero-order valence-corrected chi connectivity index (χ0v) is 17.2. The normalized spacial score (nSPS) is 28.9. The van der Waals surface area contributed by atoms with Crippen molar-refractivity contribution >= 4 is 21.6 Å². The molecule has 0 radical (unpaired) electrons. The van der Waals surface area contributed by atoms with Crippen LogP contribution in [0.15, 0.2) is 29.2 Å². The molecule has 1 N–H and O–H groups in total. The molecule has 4 atom stereocenters. The van der Waals surface area contributed by atoms with Crippen LogP contribution in [0.4, 0.5) is 5.69 Å². The molecule has 3 rings (SSSR count). The third-order valence-corrected chi connectivity index (χ3v) is 7.64. The summed E-state index contributed by atoms with van der Waals surface area (Å²) in [5, 5.41) is 2.65. The summed E-state index contributed by atoms with van der Waals surface area (Å²) in [6.07, 6.45) is 1.95. The fourth-order valence-corrected chi connectivity index (χ4v) is 6.03. The molecule has 2 aliphatic rings. The minimum absolute atomic E-state index is 0.131. The van der Waals surface area contributed by atoms with Gasteiger partial charge in [0.15, 0.2) is 0 Å². The Morgan fingerprint density at radius 3 is 2.48 bits per heavy atom. The van der Waals surface area contributed by atoms with Crippen molar-refractivity contribution < 1.29 is 17.9 Å². The Bertz CT molecular complexity index is 796. The molecule has 1 saturated heterocycles. The van der Waals surface area contributed by atoms with Gasteiger partial charge in [-0.2, -0.15) is 4.31 Å². The van der Waals surface area contributed by atoms with Crippen molar-refractivity contribution in [2.24, 2.45) is 11.8 Å². The third-order valence-electron chi connectivity index (χ3n) is 5.81. The van der Waals surface area contributed by atoms with Crippen LogP contribution in [0.5, 0.6) is 0 Å². The number of ether oxygens (including phenoxy) is 1. The molecule has 1 aliphatic carbocycles. The number of benzene rings is 1. The first-order valence-corrected chi connectivity index (χ1v) is 10.7. The number of likely N-dealkylation sites (N-methyl/N-ethyl adjacent to an activating group) is 1. The molecule has 1 saturated carbocycles. The number of fused-ring (bicyclic) bond motifs is 1. The van der Waals surface area contributed by atoms with Crippen LogP contribution in [-0.4, -0.2) is 70.0 Å². The Morgan fingerprint density at radius 1 is 1.22 bits per heavy atom. The molecule has 0 bridgehead atoms. The van der Waals surface area contributed by atoms with Crippen LogP contribution in [0.2, 0.25) is 0 Å². The molecule has 1 aliphatic heterocycles. The lowest BCUT2D eigenvalue weighted by Crippen LogP contribution is -2.47. The van der Waals surface area contributed by atoms with E-state index in [2.05, 4.69) is 10.2 Å². The van der Waals surface area contributed by atoms with Crippen molar-refractivity contribution in [2.75, 3.05) is 39.6 Å². The Balaban J connectivity index is 1.79. The highest BCUT2D eigenvalue weighted by molar-refractivity contribution is 7.89. The van der Waals surface area contributed by atoms with Gasteiger partial charge in [-0.05, 0) is 57.0 Å². The highest BCUT2D eigenvalue weighted by Crippen LogP contribution is 2.40. The Labute approximate surface area is 161 Å². The number of carbonyl (C=O) groups is 1. The van der Waals surface area contributed by atoms with Gasteiger partial charge < -0.3 is 15.0 Å². The zero-order valence-electron chi connectivity index (χ0n) is 16.4. The predicted molar refractivity (Wildman–Crippen MR) is 104 cm³/mol. The fourth-order valence-electron chi connectivity index (χ4n) is 4.43. The largest absolute Gasteiger partial charge is 0.380 e. The summed E-state index contributed by atoms with van der Waals surface area (Å²) >= 11 is 0. The van der Waals surface area contributed by atoms with Gasteiger partial charge in [-0.25, -0.2) is 8.42 Å². The summed E-state index contributed by atoms with van der Waals surface area (Å²) < 4.78 is 33.6. The molecule has 0 aromatic heterocycles. The van der Waals surface area contributed by atoms with Crippen molar-refractivity contribution in [2.45, 2.75) is 36.8 Å². The molecular formula is C19H29N3O4S. The smallest absolute Gasteiger partial charge is 0.243 e. The van der Waals surface area contributed by atoms with E-state index in [1.165, 1.54) is 13.0 Å². The Kier molecular flexibility index (Phi) is 5.90. The van der Waals surface area contributed by atoms with E-state index in [-0.39, 0.29) is 16.9 Å². The molecule has 2 fully saturated rings. The first-order valence-electron chi connectivity index (χ1n) is 9.29. The van der Waals surface area contributed by atoms with Gasteiger partial charge >= 0.3 is 0 Å². The predicted octanol–water partition coefficient (Wildman–Crippen LogP) is 1.62. The highest BCUT2D eigenvalue weighted by Gasteiger charge is 2.46. The van der Waals surface area contributed by atoms with Crippen molar-refractivity contribution in [1.29, 1.82) is 0 Å². The molecule has 1 aromatic rings. The average molecular weight is 396 g/mol. The lowest BCUT2D eigenvalue weighted by molar-refractivity contribution is -0.114. The van der Waals surface area contributed by atoms with Gasteiger partial charge in [0.05, 0.1) is 11.0 Å². The topological polar surface area (TPSA) is 79.0 Å². The first-order chi connectivity index (χ1) is 12.7. The van der Waals surface area contributed by atoms with E-state index >= 15 is 0 Å². The third kappa shape index (κ3) is 4.18. The van der Waals surface area contributed by atoms with Gasteiger partial charge in [0.2, 0.25) is 15.9 Å². The molecular weight excluding hydrogens is 366 g/mol. The van der Waals surface area contributed by atoms with Crippen LogP contribution in [-0.2, 0) is 19.6 Å². The summed E-state index contributed by atoms with van der Waals surface area (Å²) in [7, 11) is 2.24. The molecule has 8 heteroatoms. The number of nitrogens with zero attached hydrogens (tertiary/aromatic N) is 2. The van der Waals surface area contributed by atoms with Crippen LogP contribution in [0.3, 0.4) is 0 Å². The minimum atomic E-state index is -3.59. The zero-order chi connectivity index (χ0) is 19.8. The number of methoxy groups -OCH3 is 1. The van der Waals surface area contributed by atoms with E-state index in [9.17, 15) is 13.2 Å². The number of anilines is 1. The van der Waals surface area contributed by atoms with Crippen LogP contribution in [0, 0.1) is 11.8 Å². The number of nitrogens with one attached hydrogen (secondary N) is 1. The maximum Gasteiger partial charge on any atom is 0.243 e. The number of carbonyl (C=O) groups excluding carboxylic acids is 1. The van der Waals surface area contributed by atoms with E-state index in [0.29, 0.717) is 36.7 Å². The lowest BCUT2D eigenvalue weighted by atomic mass is 9.77. The number of sulfonamides is 1. The number of rotatable bonds is 5. The molecule has 0 unspecified atom stereocenters. The second-order valence-electron chi connectivity index (χ2n) is 7.83. The quantitative estimate of drug-likeness (QED) is 0.820. The molecule has 150 valence electrons. The standard InChI is InChI=1S/C19H29N3O4S/c1-13(23)20-16-6-5-7-17(10-16)27(24,25)22-11-14-8-18(21(2)3)19(26-4)9-15(14)12-22/h5-7,10,14-15,18-19H,8-9,11-12H2,1-4H3,(H,20,23)/t14-,15+,18-,19-/m1/s1. The fraction of sp³-hybridized carbons (Fsp3) is 0.632. The van der Waals surface area contributed by atoms with Gasteiger partial charge in [0.25, 0.3) is 0 Å². The second kappa shape index (κ2) is 7.87. The second-order valence-corrected chi connectivity index (χ2v) is 9.77. The number of hydrogen-bond donors (Lipinski definition) is 1. The summed E-state index contributed by atoms with van der Waals surface area (Å²) in [5.41, 5.74) is 0.493. The van der Waals surface area contributed by atoms with Crippen molar-refractivity contribution in [3.8, 4) is 0 Å². The Morgan fingerprint density at radius 2 is 1.89 bits per heavy atom. The molecule has 0 spiro atoms. The van der Waals surface area contributed by atoms with Gasteiger partial charge in [-0.1, -0.05) is 6.07 Å². The van der Waals surface area contributed by atoms with E-state index in [1.807, 2.05) is 14.1 Å². The van der Waals surface area contributed by atoms with Crippen LogP contribution in [0.1, 0.15) is 19.8 Å². The molecule has 1 heterocycles. The maximum absolute atomic E-state index is 13.2. The maximum atomic E-state index is 13.2. The summed E-state index contributed by atoms with van der Waals surface area (Å²) in [5.74, 6) is 0.439. The van der Waals surface area contributed by atoms with E-state index in [4.69, 9.17) is 4.74 Å². The Hall–Kier alpha value is -1.48. The number of hydrogen-bond acceptors (Lipinski definition) is 5. The van der Waals surface area contributed by atoms with Crippen molar-refractivity contribution in [3.63, 3.8) is 0 Å². The van der Waals surface area contributed by atoms with Gasteiger partial charge in [-0.3, -0.25) is 4.79 Å². The number of amides is 1. The minimum Gasteiger partial charge on any atom is -0.380 e. The summed E-state index contributed by atoms with van der Waals surface area (Å²) in [4.78, 5) is 13.7. The van der Waals surface area contributed by atoms with Crippen LogP contribution in [0.25, 0.3) is 0 Å². The van der Waals surface area contributed by atoms with Crippen LogP contribution < -0.4 is 5.32 Å². The van der Waals surface area contributed by atoms with E-state index in [1.54, 1.807) is 29.6 Å². The molecule has 27 heavy (non-hydrogen) atoms. The highest BCUT2D eigenvalue weighted by atomic mass is 32.2. The summed E-state index contributed by atoms with van der Waals surface area (Å²) in [6, 6.07) is 6.77. The molecule has 7 nitrogen and oxygen atoms in total. The SMILES string of the molecule is CO[C@@H]1C[C@H]2CN(S(=O)(=O)c3cccc(NC(C)=O)c3)C[C@H]2C[C@H]1N(C)C. The van der Waals surface area contributed by atoms with Gasteiger partial charge in [0, 0.05) is 38.9 Å². The monoisotopic (exact) mass is 395 g/mol.